The Hall–Kier alpha value is -0.750. The molecule has 0 N–H and O–H groups in total. The maximum atomic E-state index is 12.3. The Morgan fingerprint density at radius 1 is 1.17 bits per heavy atom. The summed E-state index contributed by atoms with van der Waals surface area (Å²) in [5.74, 6) is 0.347. The average molecular weight is 308 g/mol. The summed E-state index contributed by atoms with van der Waals surface area (Å²) in [6, 6.07) is 2.72. The van der Waals surface area contributed by atoms with E-state index in [1.807, 2.05) is 0 Å². The van der Waals surface area contributed by atoms with Gasteiger partial charge in [0, 0.05) is 19.2 Å². The van der Waals surface area contributed by atoms with Crippen molar-refractivity contribution in [2.24, 2.45) is 0 Å². The van der Waals surface area contributed by atoms with Crippen molar-refractivity contribution in [3.63, 3.8) is 0 Å². The molecule has 0 aromatic heterocycles. The van der Waals surface area contributed by atoms with Gasteiger partial charge in [0.25, 0.3) is 0 Å². The molecule has 0 bridgehead atoms. The van der Waals surface area contributed by atoms with E-state index in [9.17, 15) is 8.42 Å². The molecule has 0 spiro atoms. The van der Waals surface area contributed by atoms with Gasteiger partial charge in [0.05, 0.1) is 17.2 Å². The van der Waals surface area contributed by atoms with Gasteiger partial charge >= 0.3 is 0 Å². The van der Waals surface area contributed by atoms with Crippen LogP contribution in [-0.2, 0) is 10.0 Å². The number of hydrogen-bond acceptors (Lipinski definition) is 3. The molecule has 1 aromatic carbocycles. The lowest BCUT2D eigenvalue weighted by Crippen LogP contribution is -2.28. The fourth-order valence-electron chi connectivity index (χ4n) is 1.66. The highest BCUT2D eigenvalue weighted by molar-refractivity contribution is 7.89. The van der Waals surface area contributed by atoms with E-state index in [1.54, 1.807) is 12.2 Å². The second-order valence-corrected chi connectivity index (χ2v) is 6.43. The van der Waals surface area contributed by atoms with E-state index in [1.165, 1.54) is 23.5 Å². The summed E-state index contributed by atoms with van der Waals surface area (Å²) in [7, 11) is -2.18. The predicted octanol–water partition coefficient (Wildman–Crippen LogP) is 2.56. The molecule has 0 atom stereocenters. The van der Waals surface area contributed by atoms with Crippen LogP contribution in [0.25, 0.3) is 0 Å². The molecular weight excluding hydrogens is 297 g/mol. The number of ether oxygens (including phenoxy) is 1. The molecule has 0 aliphatic carbocycles. The van der Waals surface area contributed by atoms with Gasteiger partial charge in [-0.05, 0) is 6.07 Å². The molecule has 0 saturated heterocycles. The van der Waals surface area contributed by atoms with Crippen molar-refractivity contribution in [1.29, 1.82) is 0 Å². The SMILES string of the molecule is COc1cc(Cl)c(S(=O)(=O)N2CC=CC2)cc1Cl. The number of hydrogen-bond donors (Lipinski definition) is 0. The van der Waals surface area contributed by atoms with Crippen molar-refractivity contribution in [2.75, 3.05) is 20.2 Å². The van der Waals surface area contributed by atoms with E-state index in [0.717, 1.165) is 0 Å². The van der Waals surface area contributed by atoms with E-state index >= 15 is 0 Å². The Morgan fingerprint density at radius 2 is 1.78 bits per heavy atom. The Balaban J connectivity index is 2.48. The third kappa shape index (κ3) is 2.36. The molecule has 1 aromatic rings. The lowest BCUT2D eigenvalue weighted by molar-refractivity contribution is 0.414. The second-order valence-electron chi connectivity index (χ2n) is 3.71. The fourth-order valence-corrected chi connectivity index (χ4v) is 3.83. The number of rotatable bonds is 3. The quantitative estimate of drug-likeness (QED) is 0.806. The first-order valence-corrected chi connectivity index (χ1v) is 7.34. The van der Waals surface area contributed by atoms with Gasteiger partial charge in [-0.3, -0.25) is 0 Å². The molecule has 18 heavy (non-hydrogen) atoms. The summed E-state index contributed by atoms with van der Waals surface area (Å²) in [5, 5.41) is 0.316. The number of nitrogens with zero attached hydrogens (tertiary/aromatic N) is 1. The van der Waals surface area contributed by atoms with E-state index in [0.29, 0.717) is 18.8 Å². The van der Waals surface area contributed by atoms with E-state index in [-0.39, 0.29) is 14.9 Å². The van der Waals surface area contributed by atoms with Crippen LogP contribution in [0.2, 0.25) is 10.0 Å². The monoisotopic (exact) mass is 307 g/mol. The van der Waals surface area contributed by atoms with Crippen LogP contribution >= 0.6 is 23.2 Å². The molecule has 98 valence electrons. The summed E-state index contributed by atoms with van der Waals surface area (Å²) in [5.41, 5.74) is 0. The second kappa shape index (κ2) is 5.09. The van der Waals surface area contributed by atoms with Crippen molar-refractivity contribution in [3.8, 4) is 5.75 Å². The van der Waals surface area contributed by atoms with Gasteiger partial charge < -0.3 is 4.74 Å². The minimum atomic E-state index is -3.62. The molecule has 0 fully saturated rings. The van der Waals surface area contributed by atoms with Crippen molar-refractivity contribution in [2.45, 2.75) is 4.90 Å². The predicted molar refractivity (Wildman–Crippen MR) is 70.9 cm³/mol. The molecule has 0 radical (unpaired) electrons. The molecule has 0 amide bonds. The van der Waals surface area contributed by atoms with Crippen molar-refractivity contribution in [1.82, 2.24) is 4.31 Å². The normalized spacial score (nSPS) is 16.2. The summed E-state index contributed by atoms with van der Waals surface area (Å²) < 4.78 is 30.9. The van der Waals surface area contributed by atoms with Gasteiger partial charge in [-0.15, -0.1) is 0 Å². The fraction of sp³-hybridized carbons (Fsp3) is 0.273. The highest BCUT2D eigenvalue weighted by atomic mass is 35.5. The summed E-state index contributed by atoms with van der Waals surface area (Å²) >= 11 is 11.9. The standard InChI is InChI=1S/C11H11Cl2NO3S/c1-17-10-6-9(13)11(7-8(10)12)18(15,16)14-4-2-3-5-14/h2-3,6-7H,4-5H2,1H3. The highest BCUT2D eigenvalue weighted by Gasteiger charge is 2.28. The van der Waals surface area contributed by atoms with Crippen LogP contribution in [0.4, 0.5) is 0 Å². The number of sulfonamides is 1. The third-order valence-electron chi connectivity index (χ3n) is 2.61. The average Bonchev–Trinajstić information content (AvgIpc) is 2.85. The molecular formula is C11H11Cl2NO3S. The minimum Gasteiger partial charge on any atom is -0.495 e. The van der Waals surface area contributed by atoms with Crippen molar-refractivity contribution < 1.29 is 13.2 Å². The van der Waals surface area contributed by atoms with Crippen molar-refractivity contribution >= 4 is 33.2 Å². The van der Waals surface area contributed by atoms with Gasteiger partial charge in [0.15, 0.2) is 0 Å². The van der Waals surface area contributed by atoms with Crippen LogP contribution in [-0.4, -0.2) is 32.9 Å². The van der Waals surface area contributed by atoms with Crippen LogP contribution in [0.15, 0.2) is 29.2 Å². The molecule has 0 unspecified atom stereocenters. The van der Waals surface area contributed by atoms with Gasteiger partial charge in [0.1, 0.15) is 10.6 Å². The highest BCUT2D eigenvalue weighted by Crippen LogP contribution is 2.34. The molecule has 1 heterocycles. The lowest BCUT2D eigenvalue weighted by atomic mass is 10.3. The maximum Gasteiger partial charge on any atom is 0.245 e. The zero-order valence-electron chi connectivity index (χ0n) is 9.56. The first-order valence-electron chi connectivity index (χ1n) is 5.15. The van der Waals surface area contributed by atoms with Crippen LogP contribution in [0.1, 0.15) is 0 Å². The maximum absolute atomic E-state index is 12.3. The molecule has 1 aliphatic rings. The van der Waals surface area contributed by atoms with Crippen LogP contribution in [0.3, 0.4) is 0 Å². The van der Waals surface area contributed by atoms with Crippen LogP contribution < -0.4 is 4.74 Å². The minimum absolute atomic E-state index is 0.00123. The van der Waals surface area contributed by atoms with E-state index in [4.69, 9.17) is 27.9 Å². The number of methoxy groups -OCH3 is 1. The van der Waals surface area contributed by atoms with Crippen molar-refractivity contribution in [3.05, 3.63) is 34.3 Å². The van der Waals surface area contributed by atoms with Gasteiger partial charge in [0.2, 0.25) is 10.0 Å². The molecule has 2 rings (SSSR count). The smallest absolute Gasteiger partial charge is 0.245 e. The zero-order chi connectivity index (χ0) is 13.3. The molecule has 7 heteroatoms. The molecule has 1 aliphatic heterocycles. The Bertz CT molecular complexity index is 591. The van der Waals surface area contributed by atoms with Crippen LogP contribution in [0.5, 0.6) is 5.75 Å². The Morgan fingerprint density at radius 3 is 2.33 bits per heavy atom. The molecule has 0 saturated carbocycles. The lowest BCUT2D eigenvalue weighted by Gasteiger charge is -2.17. The summed E-state index contributed by atoms with van der Waals surface area (Å²) in [6.45, 7) is 0.699. The zero-order valence-corrected chi connectivity index (χ0v) is 11.9. The topological polar surface area (TPSA) is 46.6 Å². The largest absolute Gasteiger partial charge is 0.495 e. The van der Waals surface area contributed by atoms with Gasteiger partial charge in [-0.25, -0.2) is 8.42 Å². The summed E-state index contributed by atoms with van der Waals surface area (Å²) in [6.07, 6.45) is 3.58. The third-order valence-corrected chi connectivity index (χ3v) is 5.20. The van der Waals surface area contributed by atoms with Crippen LogP contribution in [0, 0.1) is 0 Å². The van der Waals surface area contributed by atoms with E-state index < -0.39 is 10.0 Å². The molecule has 4 nitrogen and oxygen atoms in total. The number of halogens is 2. The van der Waals surface area contributed by atoms with Gasteiger partial charge in [-0.1, -0.05) is 35.4 Å². The summed E-state index contributed by atoms with van der Waals surface area (Å²) in [4.78, 5) is -0.00123. The Labute approximate surface area is 116 Å². The first-order chi connectivity index (χ1) is 8.46. The van der Waals surface area contributed by atoms with E-state index in [2.05, 4.69) is 0 Å². The number of benzene rings is 1. The first kappa shape index (κ1) is 13.7. The Kier molecular flexibility index (Phi) is 3.87. The van der Waals surface area contributed by atoms with Gasteiger partial charge in [-0.2, -0.15) is 4.31 Å².